The third kappa shape index (κ3) is 9.70. The number of ether oxygens (including phenoxy) is 3. The van der Waals surface area contributed by atoms with Crippen LogP contribution < -0.4 is 23.8 Å². The Bertz CT molecular complexity index is 1880. The Hall–Kier alpha value is -4.26. The van der Waals surface area contributed by atoms with Gasteiger partial charge in [-0.3, -0.25) is 13.9 Å². The Morgan fingerprint density at radius 3 is 2.08 bits per heavy atom. The average molecular weight is 787 g/mol. The molecule has 4 aromatic carbocycles. The lowest BCUT2D eigenvalue weighted by Gasteiger charge is -2.34. The summed E-state index contributed by atoms with van der Waals surface area (Å²) in [7, 11) is -0.259. The van der Waals surface area contributed by atoms with E-state index < -0.39 is 28.5 Å². The van der Waals surface area contributed by atoms with Gasteiger partial charge in [-0.1, -0.05) is 83.8 Å². The van der Waals surface area contributed by atoms with Crippen LogP contribution >= 0.6 is 27.5 Å². The van der Waals surface area contributed by atoms with E-state index in [-0.39, 0.29) is 51.9 Å². The van der Waals surface area contributed by atoms with Gasteiger partial charge in [0, 0.05) is 35.1 Å². The molecule has 1 atom stereocenters. The predicted molar refractivity (Wildman–Crippen MR) is 199 cm³/mol. The van der Waals surface area contributed by atoms with E-state index in [0.29, 0.717) is 12.3 Å². The lowest BCUT2D eigenvalue weighted by molar-refractivity contribution is -0.140. The molecule has 2 amide bonds. The van der Waals surface area contributed by atoms with E-state index in [0.717, 1.165) is 19.9 Å². The van der Waals surface area contributed by atoms with Gasteiger partial charge in [-0.05, 0) is 59.5 Å². The number of anilines is 1. The lowest BCUT2D eigenvalue weighted by atomic mass is 10.0. The zero-order chi connectivity index (χ0) is 36.4. The molecule has 0 aliphatic heterocycles. The number of nitrogens with one attached hydrogen (secondary N) is 1. The molecule has 0 heterocycles. The van der Waals surface area contributed by atoms with Gasteiger partial charge in [-0.25, -0.2) is 8.42 Å². The highest BCUT2D eigenvalue weighted by atomic mass is 79.9. The van der Waals surface area contributed by atoms with Crippen LogP contribution in [0.5, 0.6) is 17.2 Å². The van der Waals surface area contributed by atoms with Gasteiger partial charge in [-0.15, -0.1) is 0 Å². The standard InChI is InChI=1S/C37H41BrClN3O7S/c1-25(2)22-40-37(44)32(19-26-9-7-6-8-10-26)41(23-27-11-13-28(38)14-12-27)36(43)24-42(31-20-29(39)15-17-33(31)47-3)50(45,46)30-16-18-34(48-4)35(21-30)49-5/h6-18,20-21,25,32H,19,22-24H2,1-5H3,(H,40,44)/t32-/m1/s1. The number of hydrogen-bond acceptors (Lipinski definition) is 7. The maximum absolute atomic E-state index is 14.8. The minimum Gasteiger partial charge on any atom is -0.495 e. The highest BCUT2D eigenvalue weighted by molar-refractivity contribution is 9.10. The number of rotatable bonds is 16. The quantitative estimate of drug-likeness (QED) is 0.134. The first kappa shape index (κ1) is 38.5. The van der Waals surface area contributed by atoms with E-state index in [1.807, 2.05) is 68.4 Å². The minimum absolute atomic E-state index is 0.0235. The molecule has 0 fully saturated rings. The molecule has 0 spiro atoms. The summed E-state index contributed by atoms with van der Waals surface area (Å²) in [4.78, 5) is 30.0. The van der Waals surface area contributed by atoms with Gasteiger partial charge in [-0.2, -0.15) is 0 Å². The van der Waals surface area contributed by atoms with Crippen molar-refractivity contribution >= 4 is 55.1 Å². The summed E-state index contributed by atoms with van der Waals surface area (Å²) in [5.74, 6) is -0.154. The summed E-state index contributed by atoms with van der Waals surface area (Å²) in [6, 6.07) is 24.4. The first-order valence-corrected chi connectivity index (χ1v) is 18.4. The molecule has 0 aliphatic carbocycles. The van der Waals surface area contributed by atoms with Crippen LogP contribution in [0, 0.1) is 5.92 Å². The molecule has 10 nitrogen and oxygen atoms in total. The number of benzene rings is 4. The molecule has 13 heteroatoms. The summed E-state index contributed by atoms with van der Waals surface area (Å²) < 4.78 is 47.2. The van der Waals surface area contributed by atoms with E-state index in [9.17, 15) is 18.0 Å². The maximum atomic E-state index is 14.8. The third-order valence-electron chi connectivity index (χ3n) is 7.85. The fraction of sp³-hybridized carbons (Fsp3) is 0.297. The van der Waals surface area contributed by atoms with E-state index in [2.05, 4.69) is 21.2 Å². The molecule has 0 radical (unpaired) electrons. The second-order valence-electron chi connectivity index (χ2n) is 11.8. The van der Waals surface area contributed by atoms with E-state index in [4.69, 9.17) is 25.8 Å². The van der Waals surface area contributed by atoms with Gasteiger partial charge in [0.2, 0.25) is 11.8 Å². The van der Waals surface area contributed by atoms with Crippen molar-refractivity contribution in [3.8, 4) is 17.2 Å². The largest absolute Gasteiger partial charge is 0.495 e. The molecule has 0 bridgehead atoms. The van der Waals surface area contributed by atoms with Gasteiger partial charge in [0.25, 0.3) is 10.0 Å². The SMILES string of the molecule is COc1ccc(S(=O)(=O)N(CC(=O)N(Cc2ccc(Br)cc2)[C@H](Cc2ccccc2)C(=O)NCC(C)C)c2cc(Cl)ccc2OC)cc1OC. The molecule has 4 aromatic rings. The Morgan fingerprint density at radius 1 is 0.820 bits per heavy atom. The van der Waals surface area contributed by atoms with E-state index in [1.54, 1.807) is 6.07 Å². The Balaban J connectivity index is 1.87. The van der Waals surface area contributed by atoms with Crippen molar-refractivity contribution in [2.45, 2.75) is 37.8 Å². The summed E-state index contributed by atoms with van der Waals surface area (Å²) in [5, 5.41) is 3.21. The van der Waals surface area contributed by atoms with Gasteiger partial charge in [0.15, 0.2) is 11.5 Å². The van der Waals surface area contributed by atoms with Gasteiger partial charge < -0.3 is 24.4 Å². The number of carbonyl (C=O) groups is 2. The van der Waals surface area contributed by atoms with Crippen LogP contribution in [0.15, 0.2) is 100 Å². The molecule has 0 unspecified atom stereocenters. The van der Waals surface area contributed by atoms with Crippen LogP contribution in [0.3, 0.4) is 0 Å². The Labute approximate surface area is 307 Å². The topological polar surface area (TPSA) is 114 Å². The van der Waals surface area contributed by atoms with Crippen LogP contribution in [0.25, 0.3) is 0 Å². The smallest absolute Gasteiger partial charge is 0.265 e. The van der Waals surface area contributed by atoms with Crippen LogP contribution in [-0.2, 0) is 32.6 Å². The minimum atomic E-state index is -4.49. The highest BCUT2D eigenvalue weighted by Crippen LogP contribution is 2.37. The number of methoxy groups -OCH3 is 3. The highest BCUT2D eigenvalue weighted by Gasteiger charge is 2.36. The fourth-order valence-electron chi connectivity index (χ4n) is 5.24. The lowest BCUT2D eigenvalue weighted by Crippen LogP contribution is -2.53. The van der Waals surface area contributed by atoms with E-state index in [1.165, 1.54) is 56.6 Å². The molecule has 4 rings (SSSR count). The van der Waals surface area contributed by atoms with Crippen molar-refractivity contribution in [1.29, 1.82) is 0 Å². The molecule has 0 aliphatic rings. The molecule has 0 saturated heterocycles. The first-order chi connectivity index (χ1) is 23.9. The van der Waals surface area contributed by atoms with Crippen molar-refractivity contribution < 1.29 is 32.2 Å². The van der Waals surface area contributed by atoms with Crippen molar-refractivity contribution in [3.05, 3.63) is 112 Å². The molecule has 1 N–H and O–H groups in total. The van der Waals surface area contributed by atoms with Gasteiger partial charge >= 0.3 is 0 Å². The van der Waals surface area contributed by atoms with Gasteiger partial charge in [0.05, 0.1) is 31.9 Å². The Kier molecular flexibility index (Phi) is 13.6. The monoisotopic (exact) mass is 785 g/mol. The predicted octanol–water partition coefficient (Wildman–Crippen LogP) is 6.74. The second-order valence-corrected chi connectivity index (χ2v) is 15.1. The number of sulfonamides is 1. The van der Waals surface area contributed by atoms with Crippen molar-refractivity contribution in [2.75, 3.05) is 38.7 Å². The summed E-state index contributed by atoms with van der Waals surface area (Å²) >= 11 is 9.85. The second kappa shape index (κ2) is 17.6. The number of carbonyl (C=O) groups excluding carboxylic acids is 2. The number of amides is 2. The third-order valence-corrected chi connectivity index (χ3v) is 10.4. The zero-order valence-corrected chi connectivity index (χ0v) is 31.7. The number of halogens is 2. The number of hydrogen-bond donors (Lipinski definition) is 1. The van der Waals surface area contributed by atoms with Crippen LogP contribution in [0.4, 0.5) is 5.69 Å². The summed E-state index contributed by atoms with van der Waals surface area (Å²) in [5.41, 5.74) is 1.61. The van der Waals surface area contributed by atoms with Crippen LogP contribution in [0.1, 0.15) is 25.0 Å². The van der Waals surface area contributed by atoms with Crippen LogP contribution in [0.2, 0.25) is 5.02 Å². The zero-order valence-electron chi connectivity index (χ0n) is 28.6. The molecule has 50 heavy (non-hydrogen) atoms. The molecule has 0 aromatic heterocycles. The van der Waals surface area contributed by atoms with E-state index >= 15 is 0 Å². The molecule has 0 saturated carbocycles. The molecular weight excluding hydrogens is 746 g/mol. The normalized spacial score (nSPS) is 11.8. The molecule has 266 valence electrons. The summed E-state index contributed by atoms with van der Waals surface area (Å²) in [6.07, 6.45) is 0.190. The number of nitrogens with zero attached hydrogens (tertiary/aromatic N) is 2. The van der Waals surface area contributed by atoms with Gasteiger partial charge in [0.1, 0.15) is 18.3 Å². The maximum Gasteiger partial charge on any atom is 0.265 e. The first-order valence-electron chi connectivity index (χ1n) is 15.8. The van der Waals surface area contributed by atoms with Crippen LogP contribution in [-0.4, -0.2) is 65.6 Å². The molecular formula is C37H41BrClN3O7S. The average Bonchev–Trinajstić information content (AvgIpc) is 3.11. The van der Waals surface area contributed by atoms with Crippen molar-refractivity contribution in [2.24, 2.45) is 5.92 Å². The summed E-state index contributed by atoms with van der Waals surface area (Å²) in [6.45, 7) is 3.69. The van der Waals surface area contributed by atoms with Crippen molar-refractivity contribution in [1.82, 2.24) is 10.2 Å². The fourth-order valence-corrected chi connectivity index (χ4v) is 7.10. The Morgan fingerprint density at radius 2 is 1.46 bits per heavy atom. The van der Waals surface area contributed by atoms with Crippen molar-refractivity contribution in [3.63, 3.8) is 0 Å².